The number of ether oxygens (including phenoxy) is 3. The smallest absolute Gasteiger partial charge is 0.391 e. The number of carbonyl (C=O) groups is 1. The summed E-state index contributed by atoms with van der Waals surface area (Å²) in [5.74, 6) is 0.146. The van der Waals surface area contributed by atoms with Crippen LogP contribution in [0, 0.1) is 0 Å². The van der Waals surface area contributed by atoms with Crippen LogP contribution in [-0.2, 0) is 67.2 Å². The molecular formula is C60H77F6N7O10. The van der Waals surface area contributed by atoms with E-state index in [0.29, 0.717) is 70.6 Å². The maximum Gasteiger partial charge on any atom is 0.442 e. The monoisotopic (exact) mass is 1170 g/mol. The summed E-state index contributed by atoms with van der Waals surface area (Å²) in [6.45, 7) is 8.51. The van der Waals surface area contributed by atoms with E-state index in [9.17, 15) is 61.8 Å². The highest BCUT2D eigenvalue weighted by molar-refractivity contribution is 5.85. The lowest BCUT2D eigenvalue weighted by molar-refractivity contribution is -0.166. The summed E-state index contributed by atoms with van der Waals surface area (Å²) in [6, 6.07) is 28.1. The number of alkyl halides is 6. The molecule has 0 radical (unpaired) electrons. The Morgan fingerprint density at radius 2 is 0.735 bits per heavy atom. The van der Waals surface area contributed by atoms with Crippen LogP contribution in [-0.4, -0.2) is 131 Å². The Hall–Kier alpha value is -5.76. The Bertz CT molecular complexity index is 2740. The normalized spacial score (nSPS) is 19.5. The van der Waals surface area contributed by atoms with Gasteiger partial charge in [-0.25, -0.2) is 0 Å². The summed E-state index contributed by atoms with van der Waals surface area (Å²) in [4.78, 5) is 15.5. The Morgan fingerprint density at radius 3 is 1.00 bits per heavy atom. The van der Waals surface area contributed by atoms with Crippen molar-refractivity contribution in [2.45, 2.75) is 176 Å². The average Bonchev–Trinajstić information content (AvgIpc) is 2.29. The first kappa shape index (κ1) is 66.4. The minimum absolute atomic E-state index is 0.00353. The third-order valence-corrected chi connectivity index (χ3v) is 14.6. The molecule has 17 nitrogen and oxygen atoms in total. The van der Waals surface area contributed by atoms with Crippen molar-refractivity contribution in [3.05, 3.63) is 142 Å². The summed E-state index contributed by atoms with van der Waals surface area (Å²) in [6.07, 6.45) is -4.67. The zero-order valence-corrected chi connectivity index (χ0v) is 47.2. The molecule has 0 spiro atoms. The van der Waals surface area contributed by atoms with Gasteiger partial charge in [-0.3, -0.25) is 9.79 Å². The summed E-state index contributed by atoms with van der Waals surface area (Å²) >= 11 is 0. The molecule has 7 unspecified atom stereocenters. The summed E-state index contributed by atoms with van der Waals surface area (Å²) in [5.41, 5.74) is 0.798. The van der Waals surface area contributed by atoms with Gasteiger partial charge in [0.25, 0.3) is 0 Å². The minimum Gasteiger partial charge on any atom is -0.391 e. The number of ketones is 1. The number of hydrogen-bond donors (Lipinski definition) is 6. The Labute approximate surface area is 479 Å². The third-order valence-electron chi connectivity index (χ3n) is 14.6. The van der Waals surface area contributed by atoms with Gasteiger partial charge in [-0.1, -0.05) is 111 Å². The number of aliphatic imine (C=N–C) groups is 1. The predicted molar refractivity (Wildman–Crippen MR) is 296 cm³/mol. The number of hydrogen-bond acceptors (Lipinski definition) is 17. The highest BCUT2D eigenvalue weighted by Gasteiger charge is 2.66. The number of Topliss-reactive ketones (excluding diaryl/α,β-unsaturated/α-hetero) is 1. The van der Waals surface area contributed by atoms with E-state index in [4.69, 9.17) is 14.2 Å². The van der Waals surface area contributed by atoms with Gasteiger partial charge in [0, 0.05) is 35.7 Å². The Balaban J connectivity index is 0.000000205. The highest BCUT2D eigenvalue weighted by atomic mass is 19.4. The van der Waals surface area contributed by atoms with Crippen LogP contribution in [0.3, 0.4) is 0 Å². The third kappa shape index (κ3) is 20.5. The molecule has 454 valence electrons. The molecule has 0 saturated carbocycles. The summed E-state index contributed by atoms with van der Waals surface area (Å²) < 4.78 is 93.8. The zero-order valence-electron chi connectivity index (χ0n) is 47.2. The van der Waals surface area contributed by atoms with E-state index >= 15 is 0 Å². The van der Waals surface area contributed by atoms with E-state index in [1.807, 2.05) is 51.3 Å². The van der Waals surface area contributed by atoms with Crippen LogP contribution in [0.2, 0.25) is 0 Å². The first-order valence-electron chi connectivity index (χ1n) is 28.1. The zero-order chi connectivity index (χ0) is 60.5. The number of aliphatic hydroxyl groups is 6. The fourth-order valence-corrected chi connectivity index (χ4v) is 8.52. The minimum atomic E-state index is -4.54. The SMILES string of the molecule is CC1(c2ccc(CCC(O)COCC(O)CCc3ccc(C4(C(F)(F)F)N=N4)cc3)cc2)N=N1.CCC(=O)CCC(O)COCC(O)CCc1ccc(C2(C)C=N2)cc1.CCC(O)COCC(O)CCc1ccc(C2(C(F)(F)F)N=N2)cc1. The number of halogens is 6. The van der Waals surface area contributed by atoms with Gasteiger partial charge < -0.3 is 44.8 Å². The first-order valence-corrected chi connectivity index (χ1v) is 28.1. The average molecular weight is 1170 g/mol. The van der Waals surface area contributed by atoms with E-state index in [0.717, 1.165) is 28.7 Å². The van der Waals surface area contributed by atoms with E-state index < -0.39 is 66.0 Å². The summed E-state index contributed by atoms with van der Waals surface area (Å²) in [5, 5.41) is 79.9. The molecular weight excluding hydrogens is 1090 g/mol. The van der Waals surface area contributed by atoms with Crippen molar-refractivity contribution in [1.82, 2.24) is 0 Å². The van der Waals surface area contributed by atoms with Crippen molar-refractivity contribution in [2.24, 2.45) is 35.7 Å². The van der Waals surface area contributed by atoms with Gasteiger partial charge in [0.05, 0.1) is 76.3 Å². The van der Waals surface area contributed by atoms with Crippen molar-refractivity contribution in [1.29, 1.82) is 0 Å². The van der Waals surface area contributed by atoms with Gasteiger partial charge in [-0.15, -0.1) is 20.5 Å². The fraction of sp³-hybridized carbons (Fsp3) is 0.567. The molecule has 4 heterocycles. The van der Waals surface area contributed by atoms with Crippen molar-refractivity contribution < 1.29 is 76.0 Å². The van der Waals surface area contributed by atoms with Crippen LogP contribution in [0.25, 0.3) is 0 Å². The molecule has 0 amide bonds. The summed E-state index contributed by atoms with van der Waals surface area (Å²) in [7, 11) is 0. The van der Waals surface area contributed by atoms with E-state index in [1.165, 1.54) is 35.4 Å². The number of nitrogens with zero attached hydrogens (tertiary/aromatic N) is 7. The van der Waals surface area contributed by atoms with Gasteiger partial charge in [0.2, 0.25) is 5.66 Å². The molecule has 8 rings (SSSR count). The van der Waals surface area contributed by atoms with Gasteiger partial charge >= 0.3 is 23.7 Å². The lowest BCUT2D eigenvalue weighted by Crippen LogP contribution is -2.30. The van der Waals surface area contributed by atoms with E-state index in [-0.39, 0.29) is 62.1 Å². The highest BCUT2D eigenvalue weighted by Crippen LogP contribution is 2.53. The van der Waals surface area contributed by atoms with E-state index in [2.05, 4.69) is 66.9 Å². The molecule has 0 aliphatic carbocycles. The standard InChI is InChI=1S/C24H27F3N4O3.C20H29NO4.C16H21F3N2O3/c1-22(28-29-22)18-8-2-16(3-9-18)6-12-20(32)14-34-15-21(33)13-7-17-4-10-19(11-5-17)23(30-31-23)24(25,26)27;1-3-17(22)10-11-19(24)13-25-12-18(23)9-6-15-4-7-16(8-5-15)20(2)14-21-20;1-2-13(22)9-24-10-14(23)8-5-11-3-6-12(7-4-11)15(20-21-15)16(17,18)19/h2-5,8-11,20-21,32-33H,6-7,12-15H2,1H3;4-5,7-8,14,18-19,23-24H,3,6,9-13H2,1-2H3;3-4,6-7,13-14,22-23H,2,5,8-10H2,1H3. The Morgan fingerprint density at radius 1 is 0.446 bits per heavy atom. The predicted octanol–water partition coefficient (Wildman–Crippen LogP) is 10.2. The van der Waals surface area contributed by atoms with Crippen LogP contribution >= 0.6 is 0 Å². The lowest BCUT2D eigenvalue weighted by Gasteiger charge is -2.16. The number of carbonyl (C=O) groups excluding carboxylic acids is 1. The number of aliphatic hydroxyl groups excluding tert-OH is 6. The molecule has 7 atom stereocenters. The maximum absolute atomic E-state index is 13.0. The van der Waals surface area contributed by atoms with Crippen LogP contribution in [0.5, 0.6) is 0 Å². The van der Waals surface area contributed by atoms with Crippen LogP contribution < -0.4 is 0 Å². The van der Waals surface area contributed by atoms with Crippen molar-refractivity contribution in [3.63, 3.8) is 0 Å². The van der Waals surface area contributed by atoms with Crippen molar-refractivity contribution >= 4 is 12.0 Å². The number of rotatable bonds is 33. The maximum atomic E-state index is 13.0. The number of benzene rings is 4. The van der Waals surface area contributed by atoms with Gasteiger partial charge in [0.15, 0.2) is 0 Å². The molecule has 4 aliphatic heterocycles. The molecule has 0 aromatic heterocycles. The molecule has 4 aromatic carbocycles. The largest absolute Gasteiger partial charge is 0.442 e. The quantitative estimate of drug-likeness (QED) is 0.0246. The lowest BCUT2D eigenvalue weighted by atomic mass is 9.97. The van der Waals surface area contributed by atoms with Gasteiger partial charge in [0.1, 0.15) is 11.3 Å². The van der Waals surface area contributed by atoms with Crippen LogP contribution in [0.1, 0.15) is 124 Å². The molecule has 4 aromatic rings. The van der Waals surface area contributed by atoms with Crippen molar-refractivity contribution in [3.8, 4) is 0 Å². The number of aryl methyl sites for hydroxylation is 4. The molecule has 0 fully saturated rings. The second-order valence-corrected chi connectivity index (χ2v) is 21.7. The van der Waals surface area contributed by atoms with Crippen LogP contribution in [0.4, 0.5) is 26.3 Å². The molecule has 0 bridgehead atoms. The molecule has 83 heavy (non-hydrogen) atoms. The van der Waals surface area contributed by atoms with Crippen LogP contribution in [0.15, 0.2) is 133 Å². The molecule has 6 N–H and O–H groups in total. The topological polar surface area (TPSA) is 253 Å². The molecule has 4 aliphatic rings. The van der Waals surface area contributed by atoms with Gasteiger partial charge in [-0.2, -0.15) is 36.6 Å². The first-order chi connectivity index (χ1) is 39.3. The second kappa shape index (κ2) is 29.9. The molecule has 23 heteroatoms. The van der Waals surface area contributed by atoms with Gasteiger partial charge in [-0.05, 0) is 106 Å². The van der Waals surface area contributed by atoms with Crippen molar-refractivity contribution in [2.75, 3.05) is 39.6 Å². The Kier molecular flexibility index (Phi) is 23.9. The second-order valence-electron chi connectivity index (χ2n) is 21.7. The fourth-order valence-electron chi connectivity index (χ4n) is 8.52. The van der Waals surface area contributed by atoms with E-state index in [1.54, 1.807) is 24.3 Å². The molecule has 0 saturated heterocycles.